The van der Waals surface area contributed by atoms with Gasteiger partial charge in [0.2, 0.25) is 0 Å². The lowest BCUT2D eigenvalue weighted by Crippen LogP contribution is -2.37. The maximum atomic E-state index is 12.3. The molecule has 6 heteroatoms. The number of hydrogen-bond acceptors (Lipinski definition) is 4. The van der Waals surface area contributed by atoms with E-state index in [4.69, 9.17) is 16.3 Å². The first-order valence-corrected chi connectivity index (χ1v) is 7.93. The zero-order valence-corrected chi connectivity index (χ0v) is 13.4. The predicted molar refractivity (Wildman–Crippen MR) is 89.9 cm³/mol. The number of benzene rings is 1. The number of nitrogens with zero attached hydrogens (tertiary/aromatic N) is 2. The highest BCUT2D eigenvalue weighted by Gasteiger charge is 2.16. The van der Waals surface area contributed by atoms with E-state index < -0.39 is 0 Å². The summed E-state index contributed by atoms with van der Waals surface area (Å²) in [4.78, 5) is 18.9. The SMILES string of the molecule is O=C(NCc1cccnc1N1CCOCC1)c1ccccc1Cl. The Balaban J connectivity index is 1.71. The van der Waals surface area contributed by atoms with Gasteiger partial charge in [-0.3, -0.25) is 4.79 Å². The molecule has 0 aliphatic carbocycles. The minimum atomic E-state index is -0.188. The monoisotopic (exact) mass is 331 g/mol. The van der Waals surface area contributed by atoms with Crippen molar-refractivity contribution in [1.29, 1.82) is 0 Å². The Bertz CT molecular complexity index is 687. The van der Waals surface area contributed by atoms with Crippen LogP contribution in [-0.2, 0) is 11.3 Å². The lowest BCUT2D eigenvalue weighted by atomic mass is 10.2. The molecule has 1 N–H and O–H groups in total. The number of ether oxygens (including phenoxy) is 1. The standard InChI is InChI=1S/C17H18ClN3O2/c18-15-6-2-1-5-14(15)17(22)20-12-13-4-3-7-19-16(13)21-8-10-23-11-9-21/h1-7H,8-12H2,(H,20,22). The normalized spacial score (nSPS) is 14.6. The lowest BCUT2D eigenvalue weighted by molar-refractivity contribution is 0.0951. The molecule has 0 atom stereocenters. The number of rotatable bonds is 4. The van der Waals surface area contributed by atoms with E-state index in [2.05, 4.69) is 15.2 Å². The summed E-state index contributed by atoms with van der Waals surface area (Å²) in [6, 6.07) is 10.9. The highest BCUT2D eigenvalue weighted by atomic mass is 35.5. The van der Waals surface area contributed by atoms with E-state index in [0.717, 1.165) is 24.5 Å². The molecule has 0 bridgehead atoms. The number of hydrogen-bond donors (Lipinski definition) is 1. The van der Waals surface area contributed by atoms with Crippen LogP contribution in [0.4, 0.5) is 5.82 Å². The van der Waals surface area contributed by atoms with Gasteiger partial charge in [-0.25, -0.2) is 4.98 Å². The molecule has 0 saturated carbocycles. The molecule has 2 heterocycles. The van der Waals surface area contributed by atoms with Crippen LogP contribution >= 0.6 is 11.6 Å². The van der Waals surface area contributed by atoms with Gasteiger partial charge in [-0.05, 0) is 18.2 Å². The molecule has 1 aliphatic rings. The third-order valence-electron chi connectivity index (χ3n) is 3.74. The second kappa shape index (κ2) is 7.44. The average molecular weight is 332 g/mol. The average Bonchev–Trinajstić information content (AvgIpc) is 2.61. The number of aromatic nitrogens is 1. The van der Waals surface area contributed by atoms with Crippen molar-refractivity contribution in [2.45, 2.75) is 6.54 Å². The Kier molecular flexibility index (Phi) is 5.10. The zero-order chi connectivity index (χ0) is 16.1. The summed E-state index contributed by atoms with van der Waals surface area (Å²) in [5.74, 6) is 0.711. The number of morpholine rings is 1. The summed E-state index contributed by atoms with van der Waals surface area (Å²) < 4.78 is 5.38. The van der Waals surface area contributed by atoms with Gasteiger partial charge in [0, 0.05) is 31.4 Å². The Morgan fingerprint density at radius 1 is 1.22 bits per heavy atom. The Morgan fingerprint density at radius 3 is 2.78 bits per heavy atom. The summed E-state index contributed by atoms with van der Waals surface area (Å²) in [6.45, 7) is 3.42. The van der Waals surface area contributed by atoms with Gasteiger partial charge < -0.3 is 15.0 Å². The van der Waals surface area contributed by atoms with E-state index in [1.54, 1.807) is 30.5 Å². The van der Waals surface area contributed by atoms with Crippen molar-refractivity contribution in [3.05, 3.63) is 58.7 Å². The number of carbonyl (C=O) groups is 1. The van der Waals surface area contributed by atoms with Crippen LogP contribution in [-0.4, -0.2) is 37.2 Å². The molecule has 0 spiro atoms. The maximum absolute atomic E-state index is 12.3. The molecule has 1 fully saturated rings. The smallest absolute Gasteiger partial charge is 0.253 e. The fraction of sp³-hybridized carbons (Fsp3) is 0.294. The summed E-state index contributed by atoms with van der Waals surface area (Å²) >= 11 is 6.06. The zero-order valence-electron chi connectivity index (χ0n) is 12.7. The van der Waals surface area contributed by atoms with Crippen molar-refractivity contribution in [2.75, 3.05) is 31.2 Å². The first-order valence-electron chi connectivity index (χ1n) is 7.55. The van der Waals surface area contributed by atoms with Crippen LogP contribution in [0.3, 0.4) is 0 Å². The van der Waals surface area contributed by atoms with E-state index >= 15 is 0 Å². The molecular weight excluding hydrogens is 314 g/mol. The highest BCUT2D eigenvalue weighted by molar-refractivity contribution is 6.33. The number of halogens is 1. The quantitative estimate of drug-likeness (QED) is 0.935. The third kappa shape index (κ3) is 3.81. The number of amides is 1. The fourth-order valence-electron chi connectivity index (χ4n) is 2.54. The first-order chi connectivity index (χ1) is 11.3. The van der Waals surface area contributed by atoms with Gasteiger partial charge in [-0.1, -0.05) is 29.8 Å². The Labute approximate surface area is 140 Å². The molecule has 5 nitrogen and oxygen atoms in total. The van der Waals surface area contributed by atoms with E-state index in [1.807, 2.05) is 12.1 Å². The minimum absolute atomic E-state index is 0.188. The number of anilines is 1. The lowest BCUT2D eigenvalue weighted by Gasteiger charge is -2.29. The van der Waals surface area contributed by atoms with Crippen molar-refractivity contribution in [3.63, 3.8) is 0 Å². The van der Waals surface area contributed by atoms with Crippen LogP contribution in [0.5, 0.6) is 0 Å². The predicted octanol–water partition coefficient (Wildman–Crippen LogP) is 2.50. The van der Waals surface area contributed by atoms with Gasteiger partial charge in [0.25, 0.3) is 5.91 Å². The maximum Gasteiger partial charge on any atom is 0.253 e. The molecule has 2 aromatic rings. The third-order valence-corrected chi connectivity index (χ3v) is 4.07. The van der Waals surface area contributed by atoms with Gasteiger partial charge >= 0.3 is 0 Å². The van der Waals surface area contributed by atoms with Crippen molar-refractivity contribution < 1.29 is 9.53 Å². The van der Waals surface area contributed by atoms with Crippen LogP contribution in [0.25, 0.3) is 0 Å². The second-order valence-corrected chi connectivity index (χ2v) is 5.66. The molecule has 1 amide bonds. The Morgan fingerprint density at radius 2 is 2.00 bits per heavy atom. The van der Waals surface area contributed by atoms with E-state index in [1.165, 1.54) is 0 Å². The van der Waals surface area contributed by atoms with Gasteiger partial charge in [-0.2, -0.15) is 0 Å². The van der Waals surface area contributed by atoms with Crippen molar-refractivity contribution >= 4 is 23.3 Å². The summed E-state index contributed by atoms with van der Waals surface area (Å²) in [7, 11) is 0. The second-order valence-electron chi connectivity index (χ2n) is 5.25. The van der Waals surface area contributed by atoms with Crippen LogP contribution in [0.2, 0.25) is 5.02 Å². The Hall–Kier alpha value is -2.11. The summed E-state index contributed by atoms with van der Waals surface area (Å²) in [5.41, 5.74) is 1.46. The van der Waals surface area contributed by atoms with E-state index in [9.17, 15) is 4.79 Å². The molecule has 1 aliphatic heterocycles. The van der Waals surface area contributed by atoms with Crippen molar-refractivity contribution in [1.82, 2.24) is 10.3 Å². The van der Waals surface area contributed by atoms with E-state index in [0.29, 0.717) is 30.3 Å². The minimum Gasteiger partial charge on any atom is -0.378 e. The van der Waals surface area contributed by atoms with E-state index in [-0.39, 0.29) is 5.91 Å². The first kappa shape index (κ1) is 15.8. The van der Waals surface area contributed by atoms with Gasteiger partial charge in [-0.15, -0.1) is 0 Å². The molecule has 0 unspecified atom stereocenters. The summed E-state index contributed by atoms with van der Waals surface area (Å²) in [6.07, 6.45) is 1.77. The number of nitrogens with one attached hydrogen (secondary N) is 1. The molecule has 0 radical (unpaired) electrons. The van der Waals surface area contributed by atoms with Gasteiger partial charge in [0.1, 0.15) is 5.82 Å². The van der Waals surface area contributed by atoms with Crippen LogP contribution in [0.1, 0.15) is 15.9 Å². The molecule has 120 valence electrons. The fourth-order valence-corrected chi connectivity index (χ4v) is 2.77. The van der Waals surface area contributed by atoms with Crippen LogP contribution in [0.15, 0.2) is 42.6 Å². The number of carbonyl (C=O) groups excluding carboxylic acids is 1. The number of pyridine rings is 1. The summed E-state index contributed by atoms with van der Waals surface area (Å²) in [5, 5.41) is 3.36. The molecule has 1 aromatic heterocycles. The molecular formula is C17H18ClN3O2. The largest absolute Gasteiger partial charge is 0.378 e. The van der Waals surface area contributed by atoms with Crippen LogP contribution in [0, 0.1) is 0 Å². The van der Waals surface area contributed by atoms with Crippen LogP contribution < -0.4 is 10.2 Å². The highest BCUT2D eigenvalue weighted by Crippen LogP contribution is 2.19. The van der Waals surface area contributed by atoms with Gasteiger partial charge in [0.15, 0.2) is 0 Å². The van der Waals surface area contributed by atoms with Crippen molar-refractivity contribution in [2.24, 2.45) is 0 Å². The topological polar surface area (TPSA) is 54.5 Å². The van der Waals surface area contributed by atoms with Gasteiger partial charge in [0.05, 0.1) is 23.8 Å². The molecule has 1 saturated heterocycles. The molecule has 1 aromatic carbocycles. The van der Waals surface area contributed by atoms with Crippen molar-refractivity contribution in [3.8, 4) is 0 Å². The molecule has 23 heavy (non-hydrogen) atoms. The molecule has 3 rings (SSSR count).